The van der Waals surface area contributed by atoms with Gasteiger partial charge in [0.05, 0.1) is 6.10 Å². The minimum atomic E-state index is -1.04. The molecule has 1 saturated heterocycles. The molecule has 0 spiro atoms. The first kappa shape index (κ1) is 15.1. The predicted octanol–water partition coefficient (Wildman–Crippen LogP) is 1.14. The second-order valence-corrected chi connectivity index (χ2v) is 6.20. The van der Waals surface area contributed by atoms with E-state index in [0.29, 0.717) is 5.92 Å². The molecule has 1 aliphatic heterocycles. The van der Waals surface area contributed by atoms with Crippen molar-refractivity contribution < 1.29 is 19.8 Å². The highest BCUT2D eigenvalue weighted by molar-refractivity contribution is 5.83. The summed E-state index contributed by atoms with van der Waals surface area (Å²) < 4.78 is 0. The first-order valence-electron chi connectivity index (χ1n) is 7.34. The van der Waals surface area contributed by atoms with Gasteiger partial charge in [-0.2, -0.15) is 0 Å². The highest BCUT2D eigenvalue weighted by Crippen LogP contribution is 2.28. The molecule has 0 aromatic carbocycles. The number of nitrogens with zero attached hydrogens (tertiary/aromatic N) is 2. The van der Waals surface area contributed by atoms with Gasteiger partial charge >= 0.3 is 12.0 Å². The van der Waals surface area contributed by atoms with Crippen LogP contribution >= 0.6 is 0 Å². The number of hydrogen-bond acceptors (Lipinski definition) is 3. The number of likely N-dealkylation sites (tertiary alicyclic amines) is 1. The molecule has 6 nitrogen and oxygen atoms in total. The molecule has 6 heteroatoms. The minimum Gasteiger partial charge on any atom is -0.480 e. The lowest BCUT2D eigenvalue weighted by Crippen LogP contribution is -2.50. The van der Waals surface area contributed by atoms with Crippen LogP contribution in [0.2, 0.25) is 0 Å². The maximum Gasteiger partial charge on any atom is 0.326 e. The van der Waals surface area contributed by atoms with Crippen molar-refractivity contribution in [1.82, 2.24) is 9.80 Å². The summed E-state index contributed by atoms with van der Waals surface area (Å²) in [5.41, 5.74) is 0. The second kappa shape index (κ2) is 5.99. The average Bonchev–Trinajstić information content (AvgIpc) is 2.80. The molecule has 114 valence electrons. The monoisotopic (exact) mass is 284 g/mol. The largest absolute Gasteiger partial charge is 0.480 e. The van der Waals surface area contributed by atoms with Crippen LogP contribution in [0.15, 0.2) is 0 Å². The van der Waals surface area contributed by atoms with Gasteiger partial charge in [0.25, 0.3) is 0 Å². The Labute approximate surface area is 119 Å². The third kappa shape index (κ3) is 3.06. The van der Waals surface area contributed by atoms with Gasteiger partial charge < -0.3 is 20.0 Å². The van der Waals surface area contributed by atoms with Crippen molar-refractivity contribution >= 4 is 12.0 Å². The average molecular weight is 284 g/mol. The SMILES string of the molecule is CC1CCC(N(C)C(=O)N2CC(O)C[C@H]2C(=O)O)CC1. The number of amides is 2. The Balaban J connectivity index is 2.00. The summed E-state index contributed by atoms with van der Waals surface area (Å²) in [7, 11) is 1.74. The maximum absolute atomic E-state index is 12.5. The lowest BCUT2D eigenvalue weighted by Gasteiger charge is -2.36. The highest BCUT2D eigenvalue weighted by atomic mass is 16.4. The van der Waals surface area contributed by atoms with E-state index in [0.717, 1.165) is 25.7 Å². The molecule has 2 fully saturated rings. The number of carbonyl (C=O) groups is 2. The number of rotatable bonds is 2. The van der Waals surface area contributed by atoms with Crippen LogP contribution in [-0.4, -0.2) is 63.8 Å². The molecule has 0 aromatic heterocycles. The molecule has 0 bridgehead atoms. The summed E-state index contributed by atoms with van der Waals surface area (Å²) in [6.45, 7) is 2.33. The van der Waals surface area contributed by atoms with Crippen LogP contribution in [0.5, 0.6) is 0 Å². The van der Waals surface area contributed by atoms with Crippen LogP contribution in [0.25, 0.3) is 0 Å². The van der Waals surface area contributed by atoms with Gasteiger partial charge in [0.2, 0.25) is 0 Å². The summed E-state index contributed by atoms with van der Waals surface area (Å²) in [4.78, 5) is 26.6. The maximum atomic E-state index is 12.5. The Morgan fingerprint density at radius 2 is 1.80 bits per heavy atom. The van der Waals surface area contributed by atoms with Gasteiger partial charge in [-0.1, -0.05) is 6.92 Å². The zero-order chi connectivity index (χ0) is 14.9. The molecule has 2 aliphatic rings. The standard InChI is InChI=1S/C14H24N2O4/c1-9-3-5-10(6-4-9)15(2)14(20)16-8-11(17)7-12(16)13(18)19/h9-12,17H,3-8H2,1-2H3,(H,18,19)/t9?,10?,11?,12-/m0/s1. The first-order valence-corrected chi connectivity index (χ1v) is 7.34. The van der Waals surface area contributed by atoms with Gasteiger partial charge in [-0.05, 0) is 31.6 Å². The minimum absolute atomic E-state index is 0.114. The molecule has 2 N–H and O–H groups in total. The van der Waals surface area contributed by atoms with Gasteiger partial charge in [-0.15, -0.1) is 0 Å². The number of β-amino-alcohol motifs (C(OH)–C–C–N with tert-alkyl or cyclic N) is 1. The topological polar surface area (TPSA) is 81.1 Å². The fourth-order valence-electron chi connectivity index (χ4n) is 3.25. The molecule has 2 amide bonds. The van der Waals surface area contributed by atoms with E-state index in [2.05, 4.69) is 6.92 Å². The number of hydrogen-bond donors (Lipinski definition) is 2. The molecular weight excluding hydrogens is 260 g/mol. The molecule has 1 heterocycles. The Morgan fingerprint density at radius 1 is 1.20 bits per heavy atom. The Bertz CT molecular complexity index is 379. The Morgan fingerprint density at radius 3 is 2.35 bits per heavy atom. The van der Waals surface area contributed by atoms with Crippen molar-refractivity contribution in [3.8, 4) is 0 Å². The smallest absolute Gasteiger partial charge is 0.326 e. The number of aliphatic carboxylic acids is 1. The summed E-state index contributed by atoms with van der Waals surface area (Å²) in [5.74, 6) is -0.337. The zero-order valence-corrected chi connectivity index (χ0v) is 12.2. The van der Waals surface area contributed by atoms with E-state index < -0.39 is 18.1 Å². The van der Waals surface area contributed by atoms with E-state index in [-0.39, 0.29) is 25.0 Å². The molecule has 1 unspecified atom stereocenters. The van der Waals surface area contributed by atoms with Crippen molar-refractivity contribution in [3.05, 3.63) is 0 Å². The number of carboxylic acids is 1. The van der Waals surface area contributed by atoms with Crippen LogP contribution in [0, 0.1) is 5.92 Å². The van der Waals surface area contributed by atoms with Crippen molar-refractivity contribution in [2.45, 2.75) is 57.2 Å². The van der Waals surface area contributed by atoms with Gasteiger partial charge in [0, 0.05) is 26.1 Å². The summed E-state index contributed by atoms with van der Waals surface area (Å²) in [6.07, 6.45) is 3.53. The molecule has 20 heavy (non-hydrogen) atoms. The van der Waals surface area contributed by atoms with Crippen LogP contribution in [0.4, 0.5) is 4.79 Å². The van der Waals surface area contributed by atoms with Crippen molar-refractivity contribution in [2.24, 2.45) is 5.92 Å². The number of aliphatic hydroxyl groups excluding tert-OH is 1. The lowest BCUT2D eigenvalue weighted by atomic mass is 9.87. The fraction of sp³-hybridized carbons (Fsp3) is 0.857. The second-order valence-electron chi connectivity index (χ2n) is 6.20. The third-order valence-electron chi connectivity index (χ3n) is 4.64. The molecule has 1 saturated carbocycles. The molecule has 2 atom stereocenters. The van der Waals surface area contributed by atoms with Crippen molar-refractivity contribution in [2.75, 3.05) is 13.6 Å². The molecular formula is C14H24N2O4. The fourth-order valence-corrected chi connectivity index (χ4v) is 3.25. The lowest BCUT2D eigenvalue weighted by molar-refractivity contribution is -0.141. The summed E-state index contributed by atoms with van der Waals surface area (Å²) >= 11 is 0. The third-order valence-corrected chi connectivity index (χ3v) is 4.64. The quantitative estimate of drug-likeness (QED) is 0.796. The Kier molecular flexibility index (Phi) is 4.52. The number of urea groups is 1. The highest BCUT2D eigenvalue weighted by Gasteiger charge is 2.41. The van der Waals surface area contributed by atoms with Gasteiger partial charge in [0.1, 0.15) is 6.04 Å². The molecule has 2 rings (SSSR count). The molecule has 0 radical (unpaired) electrons. The van der Waals surface area contributed by atoms with E-state index in [1.165, 1.54) is 4.90 Å². The number of aliphatic hydroxyl groups is 1. The Hall–Kier alpha value is -1.30. The first-order chi connectivity index (χ1) is 9.40. The van der Waals surface area contributed by atoms with E-state index in [9.17, 15) is 14.7 Å². The van der Waals surface area contributed by atoms with Crippen LogP contribution < -0.4 is 0 Å². The van der Waals surface area contributed by atoms with E-state index in [4.69, 9.17) is 5.11 Å². The summed E-state index contributed by atoms with van der Waals surface area (Å²) in [5, 5.41) is 18.8. The van der Waals surface area contributed by atoms with E-state index >= 15 is 0 Å². The molecule has 1 aliphatic carbocycles. The number of carboxylic acid groups (broad SMARTS) is 1. The van der Waals surface area contributed by atoms with Crippen molar-refractivity contribution in [1.29, 1.82) is 0 Å². The van der Waals surface area contributed by atoms with E-state index in [1.54, 1.807) is 11.9 Å². The summed E-state index contributed by atoms with van der Waals surface area (Å²) in [6, 6.07) is -0.984. The van der Waals surface area contributed by atoms with Crippen molar-refractivity contribution in [3.63, 3.8) is 0 Å². The predicted molar refractivity (Wildman–Crippen MR) is 73.3 cm³/mol. The van der Waals surface area contributed by atoms with Crippen LogP contribution in [0.3, 0.4) is 0 Å². The zero-order valence-electron chi connectivity index (χ0n) is 12.2. The normalized spacial score (nSPS) is 34.0. The van der Waals surface area contributed by atoms with Crippen LogP contribution in [0.1, 0.15) is 39.0 Å². The number of carbonyl (C=O) groups excluding carboxylic acids is 1. The van der Waals surface area contributed by atoms with E-state index in [1.807, 2.05) is 0 Å². The molecule has 0 aromatic rings. The van der Waals surface area contributed by atoms with Gasteiger partial charge in [-0.25, -0.2) is 9.59 Å². The van der Waals surface area contributed by atoms with Gasteiger partial charge in [-0.3, -0.25) is 0 Å². The van der Waals surface area contributed by atoms with Crippen LogP contribution in [-0.2, 0) is 4.79 Å². The van der Waals surface area contributed by atoms with Gasteiger partial charge in [0.15, 0.2) is 0 Å².